The number of hydrogen-bond acceptors (Lipinski definition) is 2. The van der Waals surface area contributed by atoms with Crippen molar-refractivity contribution < 1.29 is 4.79 Å². The number of nitrogens with one attached hydrogen (secondary N) is 1. The quantitative estimate of drug-likeness (QED) is 0.926. The molecule has 1 aromatic heterocycles. The van der Waals surface area contributed by atoms with Gasteiger partial charge in [0.1, 0.15) is 5.82 Å². The van der Waals surface area contributed by atoms with Gasteiger partial charge in [0, 0.05) is 25.1 Å². The van der Waals surface area contributed by atoms with Crippen LogP contribution in [-0.4, -0.2) is 15.5 Å². The van der Waals surface area contributed by atoms with Crippen LogP contribution >= 0.6 is 0 Å². The summed E-state index contributed by atoms with van der Waals surface area (Å²) in [6, 6.07) is 5.97. The van der Waals surface area contributed by atoms with Crippen LogP contribution in [0, 0.1) is 5.92 Å². The molecule has 20 heavy (non-hydrogen) atoms. The lowest BCUT2D eigenvalue weighted by atomic mass is 10.1. The molecule has 1 aliphatic rings. The predicted octanol–water partition coefficient (Wildman–Crippen LogP) is 3.44. The maximum Gasteiger partial charge on any atom is 0.224 e. The van der Waals surface area contributed by atoms with Gasteiger partial charge in [-0.1, -0.05) is 13.8 Å². The Morgan fingerprint density at radius 1 is 1.45 bits per heavy atom. The Kier molecular flexibility index (Phi) is 3.24. The molecule has 1 aromatic carbocycles. The molecule has 1 N–H and O–H groups in total. The molecule has 4 heteroatoms. The smallest absolute Gasteiger partial charge is 0.224 e. The number of hydrogen-bond donors (Lipinski definition) is 1. The number of aryl methyl sites for hydroxylation is 1. The molecule has 0 radical (unpaired) electrons. The van der Waals surface area contributed by atoms with E-state index in [1.807, 2.05) is 32.0 Å². The van der Waals surface area contributed by atoms with E-state index in [0.717, 1.165) is 16.7 Å². The van der Waals surface area contributed by atoms with Crippen molar-refractivity contribution >= 4 is 22.6 Å². The zero-order valence-electron chi connectivity index (χ0n) is 12.3. The maximum absolute atomic E-state index is 11.8. The van der Waals surface area contributed by atoms with Crippen LogP contribution in [0.15, 0.2) is 18.2 Å². The molecule has 2 aromatic rings. The molecule has 0 unspecified atom stereocenters. The van der Waals surface area contributed by atoms with E-state index >= 15 is 0 Å². The van der Waals surface area contributed by atoms with Gasteiger partial charge in [-0.25, -0.2) is 4.98 Å². The summed E-state index contributed by atoms with van der Waals surface area (Å²) in [6.45, 7) is 4.09. The highest BCUT2D eigenvalue weighted by molar-refractivity contribution is 5.93. The van der Waals surface area contributed by atoms with E-state index in [2.05, 4.69) is 16.9 Å². The average molecular weight is 271 g/mol. The molecule has 0 aliphatic heterocycles. The Hall–Kier alpha value is -1.84. The molecule has 1 amide bonds. The van der Waals surface area contributed by atoms with E-state index in [9.17, 15) is 4.79 Å². The first-order valence-electron chi connectivity index (χ1n) is 7.31. The van der Waals surface area contributed by atoms with E-state index in [1.54, 1.807) is 0 Å². The Morgan fingerprint density at radius 3 is 2.85 bits per heavy atom. The third kappa shape index (κ3) is 2.55. The molecule has 1 saturated carbocycles. The molecule has 106 valence electrons. The summed E-state index contributed by atoms with van der Waals surface area (Å²) in [4.78, 5) is 16.5. The zero-order chi connectivity index (χ0) is 14.3. The number of anilines is 1. The first-order valence-corrected chi connectivity index (χ1v) is 7.31. The molecule has 1 fully saturated rings. The number of benzene rings is 1. The minimum atomic E-state index is 0.0673. The van der Waals surface area contributed by atoms with Gasteiger partial charge in [-0.3, -0.25) is 4.79 Å². The van der Waals surface area contributed by atoms with Crippen molar-refractivity contribution in [3.8, 4) is 0 Å². The number of imidazole rings is 1. The summed E-state index contributed by atoms with van der Waals surface area (Å²) in [5, 5.41) is 2.95. The summed E-state index contributed by atoms with van der Waals surface area (Å²) in [7, 11) is 2.07. The van der Waals surface area contributed by atoms with E-state index in [0.29, 0.717) is 18.3 Å². The largest absolute Gasteiger partial charge is 0.331 e. The van der Waals surface area contributed by atoms with Crippen LogP contribution in [0.5, 0.6) is 0 Å². The topological polar surface area (TPSA) is 46.9 Å². The predicted molar refractivity (Wildman–Crippen MR) is 80.8 cm³/mol. The Bertz CT molecular complexity index is 653. The molecule has 1 aliphatic carbocycles. The lowest BCUT2D eigenvalue weighted by Crippen LogP contribution is -2.13. The van der Waals surface area contributed by atoms with Gasteiger partial charge >= 0.3 is 0 Å². The highest BCUT2D eigenvalue weighted by Gasteiger charge is 2.28. The minimum Gasteiger partial charge on any atom is -0.331 e. The van der Waals surface area contributed by atoms with Gasteiger partial charge in [0.2, 0.25) is 5.91 Å². The molecule has 3 rings (SSSR count). The van der Waals surface area contributed by atoms with Gasteiger partial charge in [-0.05, 0) is 37.0 Å². The summed E-state index contributed by atoms with van der Waals surface area (Å²) < 4.78 is 2.17. The number of amides is 1. The fraction of sp³-hybridized carbons (Fsp3) is 0.500. The number of fused-ring (bicyclic) bond motifs is 1. The highest BCUT2D eigenvalue weighted by atomic mass is 16.1. The van der Waals surface area contributed by atoms with E-state index in [1.165, 1.54) is 18.7 Å². The number of rotatable bonds is 4. The van der Waals surface area contributed by atoms with Crippen molar-refractivity contribution in [1.82, 2.24) is 9.55 Å². The van der Waals surface area contributed by atoms with Crippen LogP contribution in [0.2, 0.25) is 0 Å². The van der Waals surface area contributed by atoms with Crippen molar-refractivity contribution in [3.63, 3.8) is 0 Å². The molecular formula is C16H21N3O. The Balaban J connectivity index is 1.85. The van der Waals surface area contributed by atoms with Crippen LogP contribution in [0.4, 0.5) is 5.69 Å². The second-order valence-corrected chi connectivity index (χ2v) is 6.15. The fourth-order valence-corrected chi connectivity index (χ4v) is 2.59. The molecular weight excluding hydrogens is 250 g/mol. The van der Waals surface area contributed by atoms with E-state index in [-0.39, 0.29) is 5.91 Å². The third-order valence-electron chi connectivity index (χ3n) is 3.74. The van der Waals surface area contributed by atoms with Crippen LogP contribution in [-0.2, 0) is 11.8 Å². The molecule has 0 saturated heterocycles. The zero-order valence-corrected chi connectivity index (χ0v) is 12.3. The summed E-state index contributed by atoms with van der Waals surface area (Å²) in [5.41, 5.74) is 2.94. The molecule has 1 heterocycles. The van der Waals surface area contributed by atoms with Gasteiger partial charge in [-0.15, -0.1) is 0 Å². The number of carbonyl (C=O) groups is 1. The SMILES string of the molecule is CC(C)CC(=O)Nc1ccc2c(c1)nc(C1CC1)n2C. The third-order valence-corrected chi connectivity index (χ3v) is 3.74. The number of aromatic nitrogens is 2. The lowest BCUT2D eigenvalue weighted by molar-refractivity contribution is -0.116. The van der Waals surface area contributed by atoms with Crippen molar-refractivity contribution in [1.29, 1.82) is 0 Å². The van der Waals surface area contributed by atoms with Crippen molar-refractivity contribution in [2.75, 3.05) is 5.32 Å². The molecule has 0 bridgehead atoms. The van der Waals surface area contributed by atoms with Gasteiger partial charge in [0.15, 0.2) is 0 Å². The summed E-state index contributed by atoms with van der Waals surface area (Å²) in [6.07, 6.45) is 3.04. The maximum atomic E-state index is 11.8. The van der Waals surface area contributed by atoms with Crippen molar-refractivity contribution in [3.05, 3.63) is 24.0 Å². The van der Waals surface area contributed by atoms with Crippen molar-refractivity contribution in [2.45, 2.75) is 39.0 Å². The van der Waals surface area contributed by atoms with Crippen LogP contribution in [0.1, 0.15) is 44.9 Å². The number of carbonyl (C=O) groups excluding carboxylic acids is 1. The van der Waals surface area contributed by atoms with Gasteiger partial charge in [-0.2, -0.15) is 0 Å². The van der Waals surface area contributed by atoms with Gasteiger partial charge in [0.25, 0.3) is 0 Å². The second-order valence-electron chi connectivity index (χ2n) is 6.15. The van der Waals surface area contributed by atoms with Crippen LogP contribution in [0.3, 0.4) is 0 Å². The molecule has 4 nitrogen and oxygen atoms in total. The van der Waals surface area contributed by atoms with Gasteiger partial charge < -0.3 is 9.88 Å². The van der Waals surface area contributed by atoms with Crippen molar-refractivity contribution in [2.24, 2.45) is 13.0 Å². The minimum absolute atomic E-state index is 0.0673. The average Bonchev–Trinajstić information content (AvgIpc) is 3.14. The second kappa shape index (κ2) is 4.93. The first-order chi connectivity index (χ1) is 9.54. The lowest BCUT2D eigenvalue weighted by Gasteiger charge is -2.07. The Labute approximate surface area is 119 Å². The highest BCUT2D eigenvalue weighted by Crippen LogP contribution is 2.40. The molecule has 0 spiro atoms. The monoisotopic (exact) mass is 271 g/mol. The normalized spacial score (nSPS) is 15.0. The molecule has 0 atom stereocenters. The van der Waals surface area contributed by atoms with Crippen LogP contribution < -0.4 is 5.32 Å². The summed E-state index contributed by atoms with van der Waals surface area (Å²) >= 11 is 0. The van der Waals surface area contributed by atoms with E-state index in [4.69, 9.17) is 4.98 Å². The Morgan fingerprint density at radius 2 is 2.20 bits per heavy atom. The van der Waals surface area contributed by atoms with Crippen LogP contribution in [0.25, 0.3) is 11.0 Å². The fourth-order valence-electron chi connectivity index (χ4n) is 2.59. The van der Waals surface area contributed by atoms with E-state index < -0.39 is 0 Å². The number of nitrogens with zero attached hydrogens (tertiary/aromatic N) is 2. The summed E-state index contributed by atoms with van der Waals surface area (Å²) in [5.74, 6) is 2.24. The van der Waals surface area contributed by atoms with Gasteiger partial charge in [0.05, 0.1) is 11.0 Å². The first kappa shape index (κ1) is 13.2. The standard InChI is InChI=1S/C16H21N3O/c1-10(2)8-15(20)17-12-6-7-14-13(9-12)18-16(19(14)3)11-4-5-11/h6-7,9-11H,4-5,8H2,1-3H3,(H,17,20).